The quantitative estimate of drug-likeness (QED) is 0.642. The van der Waals surface area contributed by atoms with Crippen LogP contribution in [0.15, 0.2) is 47.4 Å². The Morgan fingerprint density at radius 3 is 2.48 bits per heavy atom. The number of nitrogens with one attached hydrogen (secondary N) is 1. The second-order valence-corrected chi connectivity index (χ2v) is 9.20. The number of nitrogens with zero attached hydrogens (tertiary/aromatic N) is 1. The molecule has 1 aliphatic heterocycles. The normalized spacial score (nSPS) is 14.7. The third kappa shape index (κ3) is 5.29. The number of hydrogen-bond acceptors (Lipinski definition) is 4. The predicted octanol–water partition coefficient (Wildman–Crippen LogP) is 3.50. The highest BCUT2D eigenvalue weighted by Crippen LogP contribution is 2.25. The number of ether oxygens (including phenoxy) is 1. The van der Waals surface area contributed by atoms with E-state index in [1.54, 1.807) is 0 Å². The lowest BCUT2D eigenvalue weighted by Crippen LogP contribution is -2.30. The summed E-state index contributed by atoms with van der Waals surface area (Å²) in [5.41, 5.74) is 1.36. The second kappa shape index (κ2) is 9.61. The third-order valence-corrected chi connectivity index (χ3v) is 7.10. The Labute approximate surface area is 176 Å². The van der Waals surface area contributed by atoms with Gasteiger partial charge in [-0.05, 0) is 55.2 Å². The highest BCUT2D eigenvalue weighted by Gasteiger charge is 2.28. The van der Waals surface area contributed by atoms with Crippen molar-refractivity contribution in [2.45, 2.75) is 31.1 Å². The average molecular weight is 437 g/mol. The van der Waals surface area contributed by atoms with E-state index in [4.69, 9.17) is 16.3 Å². The fourth-order valence-corrected chi connectivity index (χ4v) is 4.91. The Hall–Kier alpha value is -2.09. The van der Waals surface area contributed by atoms with E-state index >= 15 is 0 Å². The first kappa shape index (κ1) is 21.6. The topological polar surface area (TPSA) is 75.7 Å². The van der Waals surface area contributed by atoms with E-state index in [1.807, 2.05) is 24.3 Å². The van der Waals surface area contributed by atoms with Gasteiger partial charge >= 0.3 is 0 Å². The number of carbonyl (C=O) groups is 1. The van der Waals surface area contributed by atoms with Crippen molar-refractivity contribution in [2.75, 3.05) is 26.2 Å². The van der Waals surface area contributed by atoms with Gasteiger partial charge in [0.1, 0.15) is 12.4 Å². The molecule has 0 unspecified atom stereocenters. The molecule has 1 heterocycles. The summed E-state index contributed by atoms with van der Waals surface area (Å²) in [6, 6.07) is 12.0. The highest BCUT2D eigenvalue weighted by atomic mass is 35.5. The molecule has 0 aliphatic carbocycles. The molecule has 1 amide bonds. The van der Waals surface area contributed by atoms with Crippen LogP contribution in [-0.4, -0.2) is 44.9 Å². The molecular weight excluding hydrogens is 412 g/mol. The molecule has 0 atom stereocenters. The molecule has 1 aliphatic rings. The Bertz CT molecular complexity index is 955. The molecule has 156 valence electrons. The minimum absolute atomic E-state index is 0.0845. The zero-order valence-electron chi connectivity index (χ0n) is 16.4. The van der Waals surface area contributed by atoms with Crippen LogP contribution >= 0.6 is 11.6 Å². The van der Waals surface area contributed by atoms with Gasteiger partial charge in [0.15, 0.2) is 0 Å². The molecule has 1 saturated heterocycles. The predicted molar refractivity (Wildman–Crippen MR) is 113 cm³/mol. The van der Waals surface area contributed by atoms with Crippen molar-refractivity contribution in [1.82, 2.24) is 9.62 Å². The summed E-state index contributed by atoms with van der Waals surface area (Å²) in [7, 11) is -3.61. The zero-order valence-corrected chi connectivity index (χ0v) is 17.9. The standard InChI is InChI=1S/C21H25ClN2O4S/c1-2-16-5-7-17(8-6-16)28-14-11-23-21(25)19-15-18(9-10-20(19)22)29(26,27)24-12-3-4-13-24/h5-10,15H,2-4,11-14H2,1H3,(H,23,25). The SMILES string of the molecule is CCc1ccc(OCCNC(=O)c2cc(S(=O)(=O)N3CCCC3)ccc2Cl)cc1. The van der Waals surface area contributed by atoms with Crippen molar-refractivity contribution < 1.29 is 17.9 Å². The van der Waals surface area contributed by atoms with Crippen molar-refractivity contribution in [3.8, 4) is 5.75 Å². The first-order valence-electron chi connectivity index (χ1n) is 9.71. The maximum absolute atomic E-state index is 12.7. The van der Waals surface area contributed by atoms with E-state index in [-0.39, 0.29) is 22.0 Å². The van der Waals surface area contributed by atoms with Gasteiger partial charge in [-0.1, -0.05) is 30.7 Å². The number of benzene rings is 2. The van der Waals surface area contributed by atoms with Gasteiger partial charge in [0, 0.05) is 13.1 Å². The third-order valence-electron chi connectivity index (χ3n) is 4.87. The summed E-state index contributed by atoms with van der Waals surface area (Å²) in [6.07, 6.45) is 2.66. The van der Waals surface area contributed by atoms with Crippen LogP contribution in [0.25, 0.3) is 0 Å². The van der Waals surface area contributed by atoms with E-state index in [2.05, 4.69) is 12.2 Å². The fraction of sp³-hybridized carbons (Fsp3) is 0.381. The van der Waals surface area contributed by atoms with Crippen molar-refractivity contribution in [3.63, 3.8) is 0 Å². The molecule has 6 nitrogen and oxygen atoms in total. The van der Waals surface area contributed by atoms with Gasteiger partial charge < -0.3 is 10.1 Å². The van der Waals surface area contributed by atoms with Crippen LogP contribution in [0.3, 0.4) is 0 Å². The summed E-state index contributed by atoms with van der Waals surface area (Å²) >= 11 is 6.14. The van der Waals surface area contributed by atoms with E-state index in [0.29, 0.717) is 19.7 Å². The van der Waals surface area contributed by atoms with Gasteiger partial charge in [-0.15, -0.1) is 0 Å². The lowest BCUT2D eigenvalue weighted by atomic mass is 10.2. The minimum atomic E-state index is -3.61. The molecule has 0 bridgehead atoms. The molecule has 0 aromatic heterocycles. The number of sulfonamides is 1. The van der Waals surface area contributed by atoms with Gasteiger partial charge in [0.05, 0.1) is 22.0 Å². The van der Waals surface area contributed by atoms with Crippen molar-refractivity contribution in [1.29, 1.82) is 0 Å². The lowest BCUT2D eigenvalue weighted by molar-refractivity contribution is 0.0947. The van der Waals surface area contributed by atoms with E-state index < -0.39 is 15.9 Å². The summed E-state index contributed by atoms with van der Waals surface area (Å²) in [6.45, 7) is 3.66. The van der Waals surface area contributed by atoms with Gasteiger partial charge in [0.2, 0.25) is 10.0 Å². The van der Waals surface area contributed by atoms with Gasteiger partial charge in [-0.2, -0.15) is 4.31 Å². The monoisotopic (exact) mass is 436 g/mol. The molecular formula is C21H25ClN2O4S. The summed E-state index contributed by atoms with van der Waals surface area (Å²) in [5.74, 6) is 0.298. The number of carbonyl (C=O) groups excluding carboxylic acids is 1. The van der Waals surface area contributed by atoms with Crippen LogP contribution in [0.4, 0.5) is 0 Å². The summed E-state index contributed by atoms with van der Waals surface area (Å²) < 4.78 is 32.5. The second-order valence-electron chi connectivity index (χ2n) is 6.85. The first-order valence-corrected chi connectivity index (χ1v) is 11.5. The number of hydrogen-bond donors (Lipinski definition) is 1. The van der Waals surface area contributed by atoms with Gasteiger partial charge in [0.25, 0.3) is 5.91 Å². The Kier molecular flexibility index (Phi) is 7.16. The van der Waals surface area contributed by atoms with Gasteiger partial charge in [-0.3, -0.25) is 4.79 Å². The molecule has 3 rings (SSSR count). The maximum Gasteiger partial charge on any atom is 0.252 e. The van der Waals surface area contributed by atoms with E-state index in [0.717, 1.165) is 25.0 Å². The molecule has 1 fully saturated rings. The Morgan fingerprint density at radius 2 is 1.83 bits per heavy atom. The average Bonchev–Trinajstić information content (AvgIpc) is 3.27. The molecule has 0 spiro atoms. The Balaban J connectivity index is 1.59. The molecule has 0 radical (unpaired) electrons. The van der Waals surface area contributed by atoms with E-state index in [1.165, 1.54) is 28.1 Å². The molecule has 0 saturated carbocycles. The number of aryl methyl sites for hydroxylation is 1. The molecule has 1 N–H and O–H groups in total. The minimum Gasteiger partial charge on any atom is -0.492 e. The first-order chi connectivity index (χ1) is 13.9. The fourth-order valence-electron chi connectivity index (χ4n) is 3.17. The van der Waals surface area contributed by atoms with Crippen molar-refractivity contribution in [2.24, 2.45) is 0 Å². The molecule has 8 heteroatoms. The van der Waals surface area contributed by atoms with Crippen LogP contribution in [0, 0.1) is 0 Å². The number of halogens is 1. The van der Waals surface area contributed by atoms with E-state index in [9.17, 15) is 13.2 Å². The molecule has 29 heavy (non-hydrogen) atoms. The Morgan fingerprint density at radius 1 is 1.14 bits per heavy atom. The van der Waals surface area contributed by atoms with Crippen LogP contribution in [0.1, 0.15) is 35.7 Å². The largest absolute Gasteiger partial charge is 0.492 e. The van der Waals surface area contributed by atoms with Crippen molar-refractivity contribution >= 4 is 27.5 Å². The molecule has 2 aromatic rings. The van der Waals surface area contributed by atoms with Crippen molar-refractivity contribution in [3.05, 3.63) is 58.6 Å². The van der Waals surface area contributed by atoms with Crippen LogP contribution in [0.2, 0.25) is 5.02 Å². The summed E-state index contributed by atoms with van der Waals surface area (Å²) in [5, 5.41) is 2.93. The zero-order chi connectivity index (χ0) is 20.9. The summed E-state index contributed by atoms with van der Waals surface area (Å²) in [4.78, 5) is 12.6. The number of amides is 1. The van der Waals surface area contributed by atoms with Crippen LogP contribution < -0.4 is 10.1 Å². The van der Waals surface area contributed by atoms with Crippen LogP contribution in [0.5, 0.6) is 5.75 Å². The molecule has 2 aromatic carbocycles. The maximum atomic E-state index is 12.7. The lowest BCUT2D eigenvalue weighted by Gasteiger charge is -2.16. The number of rotatable bonds is 8. The highest BCUT2D eigenvalue weighted by molar-refractivity contribution is 7.89. The van der Waals surface area contributed by atoms with Crippen LogP contribution in [-0.2, 0) is 16.4 Å². The van der Waals surface area contributed by atoms with Gasteiger partial charge in [-0.25, -0.2) is 8.42 Å². The smallest absolute Gasteiger partial charge is 0.252 e.